The summed E-state index contributed by atoms with van der Waals surface area (Å²) < 4.78 is 2.42. The highest BCUT2D eigenvalue weighted by molar-refractivity contribution is 6.18. The number of rotatable bonds is 4. The third-order valence-corrected chi connectivity index (χ3v) is 8.27. The maximum atomic E-state index is 3.83. The number of aromatic nitrogens is 1. The number of benzene rings is 6. The minimum Gasteiger partial charge on any atom is -0.366 e. The van der Waals surface area contributed by atoms with Crippen LogP contribution in [0.2, 0.25) is 0 Å². The lowest BCUT2D eigenvalue weighted by molar-refractivity contribution is 0.442. The van der Waals surface area contributed by atoms with Crippen molar-refractivity contribution in [3.05, 3.63) is 168 Å². The normalized spacial score (nSPS) is 17.0. The number of nitrogens with one attached hydrogen (secondary N) is 2. The van der Waals surface area contributed by atoms with E-state index < -0.39 is 0 Å². The van der Waals surface area contributed by atoms with Crippen molar-refractivity contribution in [3.8, 4) is 5.69 Å². The molecule has 0 amide bonds. The minimum absolute atomic E-state index is 0.0338. The molecule has 7 aromatic rings. The number of hydrogen-bond acceptors (Lipinski definition) is 2. The van der Waals surface area contributed by atoms with Gasteiger partial charge in [-0.2, -0.15) is 0 Å². The van der Waals surface area contributed by atoms with Crippen LogP contribution in [-0.2, 0) is 0 Å². The number of fused-ring (bicyclic) bond motifs is 5. The average molecular weight is 528 g/mol. The van der Waals surface area contributed by atoms with Crippen LogP contribution in [-0.4, -0.2) is 4.57 Å². The van der Waals surface area contributed by atoms with Crippen molar-refractivity contribution < 1.29 is 0 Å². The molecule has 8 rings (SSSR count). The summed E-state index contributed by atoms with van der Waals surface area (Å²) in [6.45, 7) is 0. The molecule has 196 valence electrons. The SMILES string of the molecule is C1=C(c2ccccc2)NC(c2ccc(-n3c4ccccc4c4ccc5ccccc5c43)cc2)NC1c1ccccc1. The van der Waals surface area contributed by atoms with Crippen molar-refractivity contribution in [3.63, 3.8) is 0 Å². The Hall–Kier alpha value is -5.12. The zero-order chi connectivity index (χ0) is 27.2. The molecule has 0 saturated heterocycles. The summed E-state index contributed by atoms with van der Waals surface area (Å²) in [4.78, 5) is 0. The first-order valence-corrected chi connectivity index (χ1v) is 14.2. The smallest absolute Gasteiger partial charge is 0.104 e. The fourth-order valence-electron chi connectivity index (χ4n) is 6.28. The second kappa shape index (κ2) is 9.81. The van der Waals surface area contributed by atoms with E-state index in [4.69, 9.17) is 0 Å². The lowest BCUT2D eigenvalue weighted by Gasteiger charge is -2.33. The monoisotopic (exact) mass is 527 g/mol. The van der Waals surface area contributed by atoms with E-state index in [2.05, 4.69) is 167 Å². The van der Waals surface area contributed by atoms with Gasteiger partial charge >= 0.3 is 0 Å². The Labute approximate surface area is 239 Å². The number of para-hydroxylation sites is 1. The van der Waals surface area contributed by atoms with Crippen LogP contribution >= 0.6 is 0 Å². The van der Waals surface area contributed by atoms with E-state index >= 15 is 0 Å². The molecule has 0 saturated carbocycles. The topological polar surface area (TPSA) is 29.0 Å². The van der Waals surface area contributed by atoms with E-state index in [1.807, 2.05) is 0 Å². The molecule has 2 atom stereocenters. The van der Waals surface area contributed by atoms with Gasteiger partial charge in [-0.25, -0.2) is 0 Å². The zero-order valence-corrected chi connectivity index (χ0v) is 22.5. The van der Waals surface area contributed by atoms with Gasteiger partial charge in [0.2, 0.25) is 0 Å². The van der Waals surface area contributed by atoms with Gasteiger partial charge in [0.15, 0.2) is 0 Å². The average Bonchev–Trinajstić information content (AvgIpc) is 3.40. The van der Waals surface area contributed by atoms with Crippen molar-refractivity contribution in [2.24, 2.45) is 0 Å². The Morgan fingerprint density at radius 1 is 0.512 bits per heavy atom. The first-order valence-electron chi connectivity index (χ1n) is 14.2. The molecule has 2 heterocycles. The Morgan fingerprint density at radius 2 is 1.20 bits per heavy atom. The van der Waals surface area contributed by atoms with Crippen molar-refractivity contribution in [2.75, 3.05) is 0 Å². The highest BCUT2D eigenvalue weighted by atomic mass is 15.2. The van der Waals surface area contributed by atoms with Crippen LogP contribution in [0.5, 0.6) is 0 Å². The van der Waals surface area contributed by atoms with Gasteiger partial charge in [-0.1, -0.05) is 127 Å². The fourth-order valence-corrected chi connectivity index (χ4v) is 6.28. The molecule has 0 fully saturated rings. The summed E-state index contributed by atoms with van der Waals surface area (Å²) in [5, 5.41) is 12.7. The molecule has 1 aromatic heterocycles. The van der Waals surface area contributed by atoms with Crippen LogP contribution in [0, 0.1) is 0 Å². The highest BCUT2D eigenvalue weighted by Gasteiger charge is 2.24. The summed E-state index contributed by atoms with van der Waals surface area (Å²) in [5.74, 6) is 0. The molecule has 6 aromatic carbocycles. The Balaban J connectivity index is 1.22. The number of nitrogens with zero attached hydrogens (tertiary/aromatic N) is 1. The summed E-state index contributed by atoms with van der Waals surface area (Å²) in [6.07, 6.45) is 2.26. The highest BCUT2D eigenvalue weighted by Crippen LogP contribution is 2.37. The second-order valence-electron chi connectivity index (χ2n) is 10.7. The molecule has 0 aliphatic carbocycles. The van der Waals surface area contributed by atoms with Gasteiger partial charge in [-0.15, -0.1) is 0 Å². The fraction of sp³-hybridized carbons (Fsp3) is 0.0526. The molecule has 0 radical (unpaired) electrons. The van der Waals surface area contributed by atoms with E-state index in [0.717, 1.165) is 11.4 Å². The molecular formula is C38H29N3. The van der Waals surface area contributed by atoms with Crippen LogP contribution in [0.25, 0.3) is 44.0 Å². The third-order valence-electron chi connectivity index (χ3n) is 8.27. The molecular weight excluding hydrogens is 498 g/mol. The summed E-state index contributed by atoms with van der Waals surface area (Å²) >= 11 is 0. The van der Waals surface area contributed by atoms with Gasteiger partial charge in [0.1, 0.15) is 6.17 Å². The van der Waals surface area contributed by atoms with Crippen LogP contribution in [0.4, 0.5) is 0 Å². The molecule has 3 heteroatoms. The second-order valence-corrected chi connectivity index (χ2v) is 10.7. The van der Waals surface area contributed by atoms with Crippen LogP contribution in [0.15, 0.2) is 152 Å². The standard InChI is InChI=1S/C38H29N3/c1-3-12-27(13-4-1)34-25-35(28-14-5-2-6-15-28)40-38(39-34)29-19-22-30(23-20-29)41-36-18-10-9-17-32(36)33-24-21-26-11-7-8-16-31(26)37(33)41/h1-25,34,38-40H. The van der Waals surface area contributed by atoms with E-state index in [1.165, 1.54) is 49.3 Å². The van der Waals surface area contributed by atoms with E-state index in [0.29, 0.717) is 0 Å². The molecule has 2 N–H and O–H groups in total. The molecule has 0 spiro atoms. The summed E-state index contributed by atoms with van der Waals surface area (Å²) in [7, 11) is 0. The van der Waals surface area contributed by atoms with E-state index in [9.17, 15) is 0 Å². The largest absolute Gasteiger partial charge is 0.366 e. The third kappa shape index (κ3) is 4.10. The molecule has 2 unspecified atom stereocenters. The molecule has 0 bridgehead atoms. The van der Waals surface area contributed by atoms with Crippen LogP contribution in [0.1, 0.15) is 28.9 Å². The van der Waals surface area contributed by atoms with Crippen LogP contribution < -0.4 is 10.6 Å². The molecule has 1 aliphatic rings. The minimum atomic E-state index is -0.0338. The van der Waals surface area contributed by atoms with Gasteiger partial charge in [-0.05, 0) is 46.4 Å². The predicted molar refractivity (Wildman–Crippen MR) is 171 cm³/mol. The molecule has 1 aliphatic heterocycles. The van der Waals surface area contributed by atoms with Crippen molar-refractivity contribution in [1.29, 1.82) is 0 Å². The lowest BCUT2D eigenvalue weighted by atomic mass is 9.98. The van der Waals surface area contributed by atoms with Gasteiger partial charge in [0, 0.05) is 27.5 Å². The van der Waals surface area contributed by atoms with Crippen molar-refractivity contribution >= 4 is 38.3 Å². The number of hydrogen-bond donors (Lipinski definition) is 2. The van der Waals surface area contributed by atoms with Crippen molar-refractivity contribution in [1.82, 2.24) is 15.2 Å². The lowest BCUT2D eigenvalue weighted by Crippen LogP contribution is -2.39. The Morgan fingerprint density at radius 3 is 2.00 bits per heavy atom. The Kier molecular flexibility index (Phi) is 5.68. The van der Waals surface area contributed by atoms with Gasteiger partial charge in [0.05, 0.1) is 17.1 Å². The van der Waals surface area contributed by atoms with Crippen molar-refractivity contribution in [2.45, 2.75) is 12.2 Å². The van der Waals surface area contributed by atoms with E-state index in [1.54, 1.807) is 0 Å². The summed E-state index contributed by atoms with van der Waals surface area (Å²) in [6, 6.07) is 52.2. The first kappa shape index (κ1) is 23.7. The van der Waals surface area contributed by atoms with Gasteiger partial charge < -0.3 is 9.88 Å². The Bertz CT molecular complexity index is 2040. The molecule has 3 nitrogen and oxygen atoms in total. The predicted octanol–water partition coefficient (Wildman–Crippen LogP) is 8.91. The van der Waals surface area contributed by atoms with E-state index in [-0.39, 0.29) is 12.2 Å². The zero-order valence-electron chi connectivity index (χ0n) is 22.5. The molecule has 41 heavy (non-hydrogen) atoms. The quantitative estimate of drug-likeness (QED) is 0.239. The maximum Gasteiger partial charge on any atom is 0.104 e. The van der Waals surface area contributed by atoms with Crippen LogP contribution in [0.3, 0.4) is 0 Å². The van der Waals surface area contributed by atoms with Gasteiger partial charge in [0.25, 0.3) is 0 Å². The maximum absolute atomic E-state index is 3.83. The van der Waals surface area contributed by atoms with Gasteiger partial charge in [-0.3, -0.25) is 5.32 Å². The summed E-state index contributed by atoms with van der Waals surface area (Å²) in [5.41, 5.74) is 8.41. The first-order chi connectivity index (χ1) is 20.3.